The summed E-state index contributed by atoms with van der Waals surface area (Å²) < 4.78 is 13.9. The van der Waals surface area contributed by atoms with Gasteiger partial charge in [-0.15, -0.1) is 5.14 Å². The standard InChI is InChI=1S/C21H17ClN4O2S/c22-17-7-3-1-5-14(17)11-21(27)25-16-9-10-19(20(12-16)29(23)28)26-18-8-4-2-6-15(18)13-24-26/h1-10,12-13H,11,23H2,(H,25,27). The van der Waals surface area contributed by atoms with Gasteiger partial charge in [0, 0.05) is 22.2 Å². The summed E-state index contributed by atoms with van der Waals surface area (Å²) in [7, 11) is 0. The van der Waals surface area contributed by atoms with Crippen molar-refractivity contribution in [2.75, 3.05) is 5.32 Å². The van der Waals surface area contributed by atoms with Crippen molar-refractivity contribution in [2.24, 2.45) is 5.14 Å². The number of hydrogen-bond donors (Lipinski definition) is 2. The topological polar surface area (TPSA) is 96.0 Å². The minimum atomic E-state index is -1.77. The van der Waals surface area contributed by atoms with Crippen LogP contribution in [0.2, 0.25) is 5.02 Å². The number of nitrogens with zero attached hydrogens (tertiary/aromatic N) is 2. The first-order valence-electron chi connectivity index (χ1n) is 8.79. The molecule has 1 amide bonds. The molecule has 1 heterocycles. The van der Waals surface area contributed by atoms with Crippen LogP contribution in [-0.2, 0) is 22.6 Å². The molecule has 0 saturated carbocycles. The Morgan fingerprint density at radius 1 is 1.14 bits per heavy atom. The van der Waals surface area contributed by atoms with Crippen molar-refractivity contribution in [3.63, 3.8) is 0 Å². The lowest BCUT2D eigenvalue weighted by Crippen LogP contribution is -2.18. The van der Waals surface area contributed by atoms with Gasteiger partial charge in [-0.2, -0.15) is 5.10 Å². The van der Waals surface area contributed by atoms with Crippen molar-refractivity contribution in [3.8, 4) is 5.69 Å². The Morgan fingerprint density at radius 2 is 1.90 bits per heavy atom. The maximum absolute atomic E-state index is 12.4. The van der Waals surface area contributed by atoms with Gasteiger partial charge in [-0.3, -0.25) is 4.79 Å². The van der Waals surface area contributed by atoms with Gasteiger partial charge in [0.25, 0.3) is 0 Å². The molecule has 29 heavy (non-hydrogen) atoms. The highest BCUT2D eigenvalue weighted by Crippen LogP contribution is 2.26. The fourth-order valence-electron chi connectivity index (χ4n) is 3.11. The molecule has 0 aliphatic heterocycles. The van der Waals surface area contributed by atoms with Crippen LogP contribution in [0.3, 0.4) is 0 Å². The molecular formula is C21H17ClN4O2S. The lowest BCUT2D eigenvalue weighted by Gasteiger charge is -2.13. The van der Waals surface area contributed by atoms with E-state index in [0.29, 0.717) is 21.3 Å². The predicted octanol–water partition coefficient (Wildman–Crippen LogP) is 3.84. The molecule has 3 N–H and O–H groups in total. The summed E-state index contributed by atoms with van der Waals surface area (Å²) in [6, 6.07) is 19.9. The third-order valence-electron chi connectivity index (χ3n) is 4.47. The second-order valence-corrected chi connectivity index (χ2v) is 7.85. The van der Waals surface area contributed by atoms with Crippen LogP contribution in [0.5, 0.6) is 0 Å². The number of fused-ring (bicyclic) bond motifs is 1. The number of nitrogens with two attached hydrogens (primary N) is 1. The van der Waals surface area contributed by atoms with Crippen LogP contribution in [0.4, 0.5) is 5.69 Å². The molecule has 3 aromatic carbocycles. The van der Waals surface area contributed by atoms with E-state index in [9.17, 15) is 9.35 Å². The summed E-state index contributed by atoms with van der Waals surface area (Å²) >= 11 is 4.35. The summed E-state index contributed by atoms with van der Waals surface area (Å²) in [4.78, 5) is 12.8. The Hall–Kier alpha value is -2.84. The Labute approximate surface area is 175 Å². The van der Waals surface area contributed by atoms with Crippen LogP contribution in [0.25, 0.3) is 16.6 Å². The summed E-state index contributed by atoms with van der Waals surface area (Å²) in [5.41, 5.74) is 2.69. The molecule has 0 bridgehead atoms. The zero-order chi connectivity index (χ0) is 20.4. The van der Waals surface area contributed by atoms with E-state index in [1.165, 1.54) is 0 Å². The molecule has 0 fully saturated rings. The summed E-state index contributed by atoms with van der Waals surface area (Å²) in [6.07, 6.45) is 1.87. The maximum Gasteiger partial charge on any atom is 0.228 e. The van der Waals surface area contributed by atoms with Gasteiger partial charge in [-0.1, -0.05) is 48.0 Å². The molecule has 0 aliphatic carbocycles. The highest BCUT2D eigenvalue weighted by Gasteiger charge is 2.19. The van der Waals surface area contributed by atoms with E-state index >= 15 is 0 Å². The van der Waals surface area contributed by atoms with Gasteiger partial charge in [-0.25, -0.2) is 4.68 Å². The number of nitrogens with one attached hydrogen (secondary N) is 1. The third kappa shape index (κ3) is 4.13. The molecule has 4 aromatic rings. The van der Waals surface area contributed by atoms with Crippen molar-refractivity contribution >= 4 is 45.5 Å². The zero-order valence-corrected chi connectivity index (χ0v) is 16.8. The molecule has 146 valence electrons. The highest BCUT2D eigenvalue weighted by atomic mass is 35.5. The summed E-state index contributed by atoms with van der Waals surface area (Å²) in [5, 5.41) is 14.4. The number of para-hydroxylation sites is 1. The summed E-state index contributed by atoms with van der Waals surface area (Å²) in [6.45, 7) is 0. The molecule has 1 unspecified atom stereocenters. The van der Waals surface area contributed by atoms with Crippen LogP contribution >= 0.6 is 11.6 Å². The summed E-state index contributed by atoms with van der Waals surface area (Å²) in [5.74, 6) is -0.232. The Morgan fingerprint density at radius 3 is 2.69 bits per heavy atom. The van der Waals surface area contributed by atoms with Gasteiger partial charge in [0.05, 0.1) is 29.5 Å². The SMILES string of the molecule is N[S+]([O-])c1cc(NC(=O)Cc2ccccc2Cl)ccc1-n1ncc2ccccc21. The van der Waals surface area contributed by atoms with E-state index < -0.39 is 11.4 Å². The molecular weight excluding hydrogens is 408 g/mol. The van der Waals surface area contributed by atoms with Gasteiger partial charge in [0.1, 0.15) is 5.69 Å². The van der Waals surface area contributed by atoms with E-state index in [-0.39, 0.29) is 12.3 Å². The molecule has 4 rings (SSSR count). The van der Waals surface area contributed by atoms with Gasteiger partial charge < -0.3 is 9.87 Å². The highest BCUT2D eigenvalue weighted by molar-refractivity contribution is 7.89. The van der Waals surface area contributed by atoms with E-state index in [2.05, 4.69) is 10.4 Å². The second-order valence-electron chi connectivity index (χ2n) is 6.41. The molecule has 1 aromatic heterocycles. The van der Waals surface area contributed by atoms with Crippen molar-refractivity contribution in [1.29, 1.82) is 0 Å². The Balaban J connectivity index is 1.63. The van der Waals surface area contributed by atoms with Gasteiger partial charge >= 0.3 is 0 Å². The lowest BCUT2D eigenvalue weighted by atomic mass is 10.1. The first-order chi connectivity index (χ1) is 14.0. The number of hydrogen-bond acceptors (Lipinski definition) is 4. The lowest BCUT2D eigenvalue weighted by molar-refractivity contribution is -0.115. The van der Waals surface area contributed by atoms with Crippen molar-refractivity contribution < 1.29 is 9.35 Å². The quantitative estimate of drug-likeness (QED) is 0.476. The van der Waals surface area contributed by atoms with E-state index in [1.807, 2.05) is 36.4 Å². The van der Waals surface area contributed by atoms with Crippen LogP contribution in [-0.4, -0.2) is 20.2 Å². The Kier molecular flexibility index (Phi) is 5.55. The maximum atomic E-state index is 12.4. The van der Waals surface area contributed by atoms with Crippen LogP contribution < -0.4 is 10.5 Å². The first-order valence-corrected chi connectivity index (χ1v) is 10.4. The number of amides is 1. The van der Waals surface area contributed by atoms with Gasteiger partial charge in [-0.05, 0) is 29.8 Å². The van der Waals surface area contributed by atoms with Crippen molar-refractivity contribution in [1.82, 2.24) is 9.78 Å². The fraction of sp³-hybridized carbons (Fsp3) is 0.0476. The molecule has 0 spiro atoms. The number of carbonyl (C=O) groups excluding carboxylic acids is 1. The largest absolute Gasteiger partial charge is 0.593 e. The van der Waals surface area contributed by atoms with E-state index in [1.54, 1.807) is 41.2 Å². The minimum absolute atomic E-state index is 0.131. The van der Waals surface area contributed by atoms with Crippen LogP contribution in [0.15, 0.2) is 77.8 Å². The van der Waals surface area contributed by atoms with E-state index in [0.717, 1.165) is 16.5 Å². The second kappa shape index (κ2) is 8.26. The van der Waals surface area contributed by atoms with Crippen LogP contribution in [0.1, 0.15) is 5.56 Å². The molecule has 0 aliphatic rings. The van der Waals surface area contributed by atoms with Crippen molar-refractivity contribution in [2.45, 2.75) is 11.3 Å². The smallest absolute Gasteiger partial charge is 0.228 e. The molecule has 0 saturated heterocycles. The third-order valence-corrected chi connectivity index (χ3v) is 5.60. The van der Waals surface area contributed by atoms with Crippen LogP contribution in [0, 0.1) is 0 Å². The normalized spacial score (nSPS) is 12.1. The average molecular weight is 425 g/mol. The number of aromatic nitrogens is 2. The number of rotatable bonds is 5. The Bertz CT molecular complexity index is 1190. The van der Waals surface area contributed by atoms with E-state index in [4.69, 9.17) is 16.7 Å². The van der Waals surface area contributed by atoms with Gasteiger partial charge in [0.2, 0.25) is 10.8 Å². The first kappa shape index (κ1) is 19.5. The fourth-order valence-corrected chi connectivity index (χ4v) is 3.92. The number of benzene rings is 3. The molecule has 6 nitrogen and oxygen atoms in total. The van der Waals surface area contributed by atoms with Gasteiger partial charge in [0.15, 0.2) is 0 Å². The molecule has 1 atom stereocenters. The minimum Gasteiger partial charge on any atom is -0.593 e. The van der Waals surface area contributed by atoms with Crippen molar-refractivity contribution in [3.05, 3.63) is 83.5 Å². The molecule has 8 heteroatoms. The average Bonchev–Trinajstić information content (AvgIpc) is 3.13. The number of halogens is 1. The number of carbonyl (C=O) groups is 1. The zero-order valence-electron chi connectivity index (χ0n) is 15.2. The predicted molar refractivity (Wildman–Crippen MR) is 115 cm³/mol. The monoisotopic (exact) mass is 424 g/mol. The molecule has 0 radical (unpaired) electrons. The number of anilines is 1.